The van der Waals surface area contributed by atoms with Gasteiger partial charge in [-0.25, -0.2) is 8.78 Å². The van der Waals surface area contributed by atoms with Crippen LogP contribution in [0, 0.1) is 23.5 Å². The number of imide groups is 2. The number of hydrogen-bond acceptors (Lipinski definition) is 6. The Balaban J connectivity index is 0.000000195. The lowest BCUT2D eigenvalue weighted by Crippen LogP contribution is -2.57. The van der Waals surface area contributed by atoms with Gasteiger partial charge in [-0.15, -0.1) is 17.0 Å². The quantitative estimate of drug-likeness (QED) is 0.171. The van der Waals surface area contributed by atoms with Crippen LogP contribution >= 0.6 is 48.8 Å². The van der Waals surface area contributed by atoms with Gasteiger partial charge in [-0.3, -0.25) is 39.6 Å². The predicted octanol–water partition coefficient (Wildman–Crippen LogP) is 8.93. The molecular weight excluding hydrogens is 950 g/mol. The number of carbonyl (C=O) groups excluding carboxylic acids is 4. The highest BCUT2D eigenvalue weighted by Gasteiger charge is 2.51. The molecule has 2 N–H and O–H groups in total. The molecule has 0 aromatic heterocycles. The summed E-state index contributed by atoms with van der Waals surface area (Å²) in [4.78, 5) is 54.4. The van der Waals surface area contributed by atoms with Gasteiger partial charge in [-0.1, -0.05) is 72.8 Å². The largest absolute Gasteiger partial charge is 0.299 e. The maximum atomic E-state index is 13.8. The number of rotatable bonds is 8. The minimum atomic E-state index is -0.648. The molecule has 4 saturated heterocycles. The Kier molecular flexibility index (Phi) is 15.1. The lowest BCUT2D eigenvalue weighted by molar-refractivity contribution is -0.142. The van der Waals surface area contributed by atoms with Gasteiger partial charge in [0.05, 0.1) is 19.8 Å². The van der Waals surface area contributed by atoms with Gasteiger partial charge < -0.3 is 0 Å². The summed E-state index contributed by atoms with van der Waals surface area (Å²) >= 11 is 6.39. The third-order valence-electron chi connectivity index (χ3n) is 12.7. The fourth-order valence-corrected chi connectivity index (χ4v) is 10.2. The van der Waals surface area contributed by atoms with E-state index in [9.17, 15) is 28.0 Å². The molecule has 4 aromatic rings. The fourth-order valence-electron chi connectivity index (χ4n) is 9.68. The Morgan fingerprint density at radius 2 is 0.915 bits per heavy atom. The zero-order valence-electron chi connectivity index (χ0n) is 32.7. The number of amides is 4. The molecule has 0 bridgehead atoms. The third-order valence-corrected chi connectivity index (χ3v) is 14.0. The SMILES string of the molecule is Br.O=C1CCC(c2ccccc2)(C2CCN(Cc3ccc(Br)c(F)c3)CC2)C(=O)N1.O=C1CCC(c2ccccc2)(C2CCN(Cc3ccc(Br)c(F)c3)CC2)C(=O)N1. The van der Waals surface area contributed by atoms with Crippen LogP contribution in [0.25, 0.3) is 0 Å². The van der Waals surface area contributed by atoms with E-state index < -0.39 is 10.8 Å². The van der Waals surface area contributed by atoms with Crippen molar-refractivity contribution in [3.8, 4) is 0 Å². The van der Waals surface area contributed by atoms with Gasteiger partial charge in [0.15, 0.2) is 0 Å². The zero-order chi connectivity index (χ0) is 40.9. The number of nitrogens with one attached hydrogen (secondary N) is 2. The molecule has 4 aliphatic heterocycles. The molecule has 312 valence electrons. The maximum absolute atomic E-state index is 13.8. The van der Waals surface area contributed by atoms with E-state index in [1.54, 1.807) is 24.3 Å². The lowest BCUT2D eigenvalue weighted by atomic mass is 9.62. The molecule has 8 rings (SSSR count). The molecule has 0 saturated carbocycles. The average molecular weight is 1000 g/mol. The van der Waals surface area contributed by atoms with Crippen molar-refractivity contribution in [2.45, 2.75) is 75.3 Å². The van der Waals surface area contributed by atoms with E-state index in [0.29, 0.717) is 47.7 Å². The fraction of sp³-hybridized carbons (Fsp3) is 0.391. The van der Waals surface area contributed by atoms with Crippen LogP contribution < -0.4 is 10.6 Å². The summed E-state index contributed by atoms with van der Waals surface area (Å²) in [6.07, 6.45) is 5.35. The predicted molar refractivity (Wildman–Crippen MR) is 236 cm³/mol. The molecule has 13 heteroatoms. The molecule has 4 aromatic carbocycles. The van der Waals surface area contributed by atoms with Gasteiger partial charge in [-0.2, -0.15) is 0 Å². The molecular formula is C46H49Br3F2N4O4. The first-order chi connectivity index (χ1) is 28.0. The number of carbonyl (C=O) groups is 4. The third kappa shape index (κ3) is 9.96. The van der Waals surface area contributed by atoms with Crippen LogP contribution in [0.5, 0.6) is 0 Å². The normalized spacial score (nSPS) is 23.4. The van der Waals surface area contributed by atoms with Gasteiger partial charge in [0.2, 0.25) is 23.6 Å². The van der Waals surface area contributed by atoms with Crippen LogP contribution in [-0.4, -0.2) is 59.6 Å². The van der Waals surface area contributed by atoms with Crippen molar-refractivity contribution < 1.29 is 28.0 Å². The van der Waals surface area contributed by atoms with Crippen molar-refractivity contribution in [1.82, 2.24) is 20.4 Å². The van der Waals surface area contributed by atoms with Crippen LogP contribution in [0.1, 0.15) is 73.6 Å². The second-order valence-electron chi connectivity index (χ2n) is 16.0. The van der Waals surface area contributed by atoms with Crippen molar-refractivity contribution in [1.29, 1.82) is 0 Å². The van der Waals surface area contributed by atoms with E-state index in [1.165, 1.54) is 0 Å². The van der Waals surface area contributed by atoms with Gasteiger partial charge >= 0.3 is 0 Å². The summed E-state index contributed by atoms with van der Waals surface area (Å²) < 4.78 is 28.6. The van der Waals surface area contributed by atoms with Crippen LogP contribution in [-0.2, 0) is 43.1 Å². The van der Waals surface area contributed by atoms with E-state index in [1.807, 2.05) is 72.8 Å². The van der Waals surface area contributed by atoms with Crippen molar-refractivity contribution >= 4 is 72.5 Å². The second-order valence-corrected chi connectivity index (χ2v) is 17.7. The molecule has 0 spiro atoms. The Labute approximate surface area is 371 Å². The van der Waals surface area contributed by atoms with Crippen molar-refractivity contribution in [3.63, 3.8) is 0 Å². The Morgan fingerprint density at radius 1 is 0.559 bits per heavy atom. The Morgan fingerprint density at radius 3 is 1.24 bits per heavy atom. The van der Waals surface area contributed by atoms with Crippen LogP contribution in [0.15, 0.2) is 106 Å². The molecule has 8 nitrogen and oxygen atoms in total. The molecule has 4 fully saturated rings. The highest BCUT2D eigenvalue weighted by molar-refractivity contribution is 9.10. The monoisotopic (exact) mass is 996 g/mol. The number of hydrogen-bond donors (Lipinski definition) is 2. The first-order valence-corrected chi connectivity index (χ1v) is 21.7. The average Bonchev–Trinajstić information content (AvgIpc) is 3.23. The van der Waals surface area contributed by atoms with Crippen LogP contribution in [0.4, 0.5) is 8.78 Å². The second kappa shape index (κ2) is 19.8. The summed E-state index contributed by atoms with van der Waals surface area (Å²) in [7, 11) is 0. The van der Waals surface area contributed by atoms with E-state index in [-0.39, 0.29) is 64.1 Å². The molecule has 2 unspecified atom stereocenters. The highest BCUT2D eigenvalue weighted by atomic mass is 79.9. The standard InChI is InChI=1S/2C23H24BrFN2O2.BrH/c2*24-19-7-6-16(14-20(19)25)15-27-12-9-18(10-13-27)23(17-4-2-1-3-5-17)11-8-21(28)26-22(23)29;/h2*1-7,14,18H,8-13,15H2,(H,26,28,29);1H. The first kappa shape index (κ1) is 44.9. The number of nitrogens with zero attached hydrogens (tertiary/aromatic N) is 2. The van der Waals surface area contributed by atoms with Crippen LogP contribution in [0.3, 0.4) is 0 Å². The molecule has 4 heterocycles. The minimum Gasteiger partial charge on any atom is -0.299 e. The van der Waals surface area contributed by atoms with E-state index in [4.69, 9.17) is 0 Å². The summed E-state index contributed by atoms with van der Waals surface area (Å²) in [5, 5.41) is 5.18. The lowest BCUT2D eigenvalue weighted by Gasteiger charge is -2.45. The van der Waals surface area contributed by atoms with Gasteiger partial charge in [0.1, 0.15) is 11.6 Å². The molecule has 4 aliphatic rings. The van der Waals surface area contributed by atoms with Crippen LogP contribution in [0.2, 0.25) is 0 Å². The molecule has 59 heavy (non-hydrogen) atoms. The topological polar surface area (TPSA) is 98.8 Å². The van der Waals surface area contributed by atoms with Gasteiger partial charge in [0.25, 0.3) is 0 Å². The summed E-state index contributed by atoms with van der Waals surface area (Å²) in [6.45, 7) is 4.77. The van der Waals surface area contributed by atoms with E-state index in [0.717, 1.165) is 74.1 Å². The summed E-state index contributed by atoms with van der Waals surface area (Å²) in [5.74, 6) is -0.825. The maximum Gasteiger partial charge on any atom is 0.237 e. The van der Waals surface area contributed by atoms with Crippen molar-refractivity contribution in [2.75, 3.05) is 26.2 Å². The molecule has 0 radical (unpaired) electrons. The van der Waals surface area contributed by atoms with E-state index in [2.05, 4.69) is 52.3 Å². The molecule has 2 atom stereocenters. The first-order valence-electron chi connectivity index (χ1n) is 20.1. The smallest absolute Gasteiger partial charge is 0.237 e. The van der Waals surface area contributed by atoms with Crippen molar-refractivity contribution in [2.24, 2.45) is 11.8 Å². The number of piperidine rings is 4. The number of benzene rings is 4. The molecule has 4 amide bonds. The Hall–Kier alpha value is -3.62. The van der Waals surface area contributed by atoms with Gasteiger partial charge in [0, 0.05) is 25.9 Å². The van der Waals surface area contributed by atoms with Crippen molar-refractivity contribution in [3.05, 3.63) is 140 Å². The number of halogens is 5. The van der Waals surface area contributed by atoms with E-state index >= 15 is 0 Å². The zero-order valence-corrected chi connectivity index (χ0v) is 37.6. The minimum absolute atomic E-state index is 0. The summed E-state index contributed by atoms with van der Waals surface area (Å²) in [6, 6.07) is 30.2. The molecule has 0 aliphatic carbocycles. The number of likely N-dealkylation sites (tertiary alicyclic amines) is 2. The highest BCUT2D eigenvalue weighted by Crippen LogP contribution is 2.46. The Bertz CT molecular complexity index is 1980. The summed E-state index contributed by atoms with van der Waals surface area (Å²) in [5.41, 5.74) is 2.60. The van der Waals surface area contributed by atoms with Gasteiger partial charge in [-0.05, 0) is 155 Å².